The first-order valence-electron chi connectivity index (χ1n) is 6.32. The number of methoxy groups -OCH3 is 1. The highest BCUT2D eigenvalue weighted by atomic mass is 16.5. The van der Waals surface area contributed by atoms with Gasteiger partial charge in [-0.25, -0.2) is 0 Å². The molecule has 20 heavy (non-hydrogen) atoms. The van der Waals surface area contributed by atoms with Crippen molar-refractivity contribution in [3.05, 3.63) is 77.9 Å². The molecule has 2 heteroatoms. The van der Waals surface area contributed by atoms with Crippen LogP contribution in [-0.2, 0) is 0 Å². The molecule has 0 aromatic heterocycles. The lowest BCUT2D eigenvalue weighted by Crippen LogP contribution is -1.93. The zero-order chi connectivity index (χ0) is 14.4. The summed E-state index contributed by atoms with van der Waals surface area (Å²) in [5.41, 5.74) is 2.63. The largest absolute Gasteiger partial charge is 0.497 e. The Balaban J connectivity index is 2.08. The molecule has 0 fully saturated rings. The Bertz CT molecular complexity index is 619. The normalized spacial score (nSPS) is 10.4. The summed E-state index contributed by atoms with van der Waals surface area (Å²) in [6.07, 6.45) is 5.12. The molecule has 0 aliphatic rings. The van der Waals surface area contributed by atoms with Crippen molar-refractivity contribution < 1.29 is 9.53 Å². The van der Waals surface area contributed by atoms with Crippen LogP contribution in [0.2, 0.25) is 0 Å². The molecule has 0 bridgehead atoms. The Hall–Kier alpha value is -2.61. The van der Waals surface area contributed by atoms with E-state index in [1.165, 1.54) is 0 Å². The Kier molecular flexibility index (Phi) is 4.51. The maximum absolute atomic E-state index is 12.0. The first-order valence-corrected chi connectivity index (χ1v) is 6.32. The van der Waals surface area contributed by atoms with E-state index in [0.29, 0.717) is 5.56 Å². The molecule has 2 nitrogen and oxygen atoms in total. The molecule has 0 spiro atoms. The quantitative estimate of drug-likeness (QED) is 0.596. The van der Waals surface area contributed by atoms with E-state index in [-0.39, 0.29) is 5.78 Å². The second kappa shape index (κ2) is 6.53. The summed E-state index contributed by atoms with van der Waals surface area (Å²) in [5, 5.41) is 0. The molecule has 0 unspecified atom stereocenters. The van der Waals surface area contributed by atoms with Crippen molar-refractivity contribution in [3.8, 4) is 5.75 Å². The maximum atomic E-state index is 12.0. The number of ketones is 1. The van der Waals surface area contributed by atoms with Crippen LogP contribution in [0.4, 0.5) is 0 Å². The van der Waals surface area contributed by atoms with Gasteiger partial charge >= 0.3 is 0 Å². The van der Waals surface area contributed by atoms with Crippen LogP contribution < -0.4 is 4.74 Å². The SMILES string of the molecule is C=Cc1ccc(C(=O)C=Cc2ccc(OC)cc2)cc1. The van der Waals surface area contributed by atoms with Crippen molar-refractivity contribution in [2.24, 2.45) is 0 Å². The van der Waals surface area contributed by atoms with Crippen molar-refractivity contribution in [2.75, 3.05) is 7.11 Å². The maximum Gasteiger partial charge on any atom is 0.185 e. The number of carbonyl (C=O) groups excluding carboxylic acids is 1. The fourth-order valence-electron chi connectivity index (χ4n) is 1.77. The highest BCUT2D eigenvalue weighted by molar-refractivity contribution is 6.06. The minimum atomic E-state index is -0.0172. The number of ether oxygens (including phenoxy) is 1. The second-order valence-corrected chi connectivity index (χ2v) is 4.30. The Labute approximate surface area is 119 Å². The van der Waals surface area contributed by atoms with Crippen LogP contribution in [0.15, 0.2) is 61.2 Å². The van der Waals surface area contributed by atoms with E-state index in [9.17, 15) is 4.79 Å². The summed E-state index contributed by atoms with van der Waals surface area (Å²) in [4.78, 5) is 12.0. The number of allylic oxidation sites excluding steroid dienone is 1. The highest BCUT2D eigenvalue weighted by Crippen LogP contribution is 2.13. The molecular weight excluding hydrogens is 248 g/mol. The third-order valence-electron chi connectivity index (χ3n) is 2.97. The van der Waals surface area contributed by atoms with E-state index in [4.69, 9.17) is 4.74 Å². The topological polar surface area (TPSA) is 26.3 Å². The number of carbonyl (C=O) groups is 1. The van der Waals surface area contributed by atoms with Gasteiger partial charge in [0.25, 0.3) is 0 Å². The summed E-state index contributed by atoms with van der Waals surface area (Å²) >= 11 is 0. The van der Waals surface area contributed by atoms with Gasteiger partial charge in [0.15, 0.2) is 5.78 Å². The fraction of sp³-hybridized carbons (Fsp3) is 0.0556. The van der Waals surface area contributed by atoms with Crippen molar-refractivity contribution >= 4 is 17.9 Å². The first-order chi connectivity index (χ1) is 9.72. The summed E-state index contributed by atoms with van der Waals surface area (Å²) < 4.78 is 5.09. The molecule has 2 aromatic rings. The van der Waals surface area contributed by atoms with E-state index in [1.54, 1.807) is 37.5 Å². The minimum Gasteiger partial charge on any atom is -0.497 e. The molecule has 0 N–H and O–H groups in total. The highest BCUT2D eigenvalue weighted by Gasteiger charge is 2.00. The Morgan fingerprint density at radius 1 is 1.00 bits per heavy atom. The fourth-order valence-corrected chi connectivity index (χ4v) is 1.77. The van der Waals surface area contributed by atoms with Gasteiger partial charge in [0.2, 0.25) is 0 Å². The van der Waals surface area contributed by atoms with Crippen LogP contribution in [0.25, 0.3) is 12.2 Å². The van der Waals surface area contributed by atoms with E-state index >= 15 is 0 Å². The lowest BCUT2D eigenvalue weighted by Gasteiger charge is -1.99. The van der Waals surface area contributed by atoms with Gasteiger partial charge in [-0.3, -0.25) is 4.79 Å². The Morgan fingerprint density at radius 2 is 1.60 bits per heavy atom. The molecular formula is C18H16O2. The predicted molar refractivity (Wildman–Crippen MR) is 82.9 cm³/mol. The predicted octanol–water partition coefficient (Wildman–Crippen LogP) is 4.23. The van der Waals surface area contributed by atoms with Gasteiger partial charge in [-0.15, -0.1) is 0 Å². The van der Waals surface area contributed by atoms with E-state index in [1.807, 2.05) is 36.4 Å². The molecule has 0 atom stereocenters. The average molecular weight is 264 g/mol. The monoisotopic (exact) mass is 264 g/mol. The van der Waals surface area contributed by atoms with Gasteiger partial charge in [0.1, 0.15) is 5.75 Å². The van der Waals surface area contributed by atoms with Gasteiger partial charge in [-0.05, 0) is 29.3 Å². The Morgan fingerprint density at radius 3 is 2.15 bits per heavy atom. The molecule has 2 rings (SSSR count). The van der Waals surface area contributed by atoms with Gasteiger partial charge < -0.3 is 4.74 Å². The van der Waals surface area contributed by atoms with Gasteiger partial charge in [0.05, 0.1) is 7.11 Å². The molecule has 0 saturated heterocycles. The molecule has 2 aromatic carbocycles. The second-order valence-electron chi connectivity index (χ2n) is 4.30. The van der Waals surface area contributed by atoms with E-state index in [0.717, 1.165) is 16.9 Å². The molecule has 0 radical (unpaired) electrons. The number of rotatable bonds is 5. The molecule has 0 heterocycles. The van der Waals surface area contributed by atoms with E-state index in [2.05, 4.69) is 6.58 Å². The molecule has 0 aliphatic carbocycles. The van der Waals surface area contributed by atoms with Crippen LogP contribution in [-0.4, -0.2) is 12.9 Å². The van der Waals surface area contributed by atoms with Crippen molar-refractivity contribution in [2.45, 2.75) is 0 Å². The molecule has 0 saturated carbocycles. The van der Waals surface area contributed by atoms with Crippen molar-refractivity contribution in [3.63, 3.8) is 0 Å². The summed E-state index contributed by atoms with van der Waals surface area (Å²) in [6.45, 7) is 3.69. The van der Waals surface area contributed by atoms with Gasteiger partial charge in [-0.2, -0.15) is 0 Å². The smallest absolute Gasteiger partial charge is 0.185 e. The van der Waals surface area contributed by atoms with E-state index < -0.39 is 0 Å². The van der Waals surface area contributed by atoms with Crippen LogP contribution >= 0.6 is 0 Å². The zero-order valence-corrected chi connectivity index (χ0v) is 11.4. The summed E-state index contributed by atoms with van der Waals surface area (Å²) in [7, 11) is 1.63. The van der Waals surface area contributed by atoms with Gasteiger partial charge in [0, 0.05) is 5.56 Å². The van der Waals surface area contributed by atoms with Crippen molar-refractivity contribution in [1.82, 2.24) is 0 Å². The number of hydrogen-bond donors (Lipinski definition) is 0. The van der Waals surface area contributed by atoms with Crippen LogP contribution in [0.3, 0.4) is 0 Å². The number of hydrogen-bond acceptors (Lipinski definition) is 2. The van der Waals surface area contributed by atoms with Crippen LogP contribution in [0.5, 0.6) is 5.75 Å². The van der Waals surface area contributed by atoms with Gasteiger partial charge in [-0.1, -0.05) is 55.1 Å². The average Bonchev–Trinajstić information content (AvgIpc) is 2.53. The minimum absolute atomic E-state index is 0.0172. The van der Waals surface area contributed by atoms with Crippen molar-refractivity contribution in [1.29, 1.82) is 0 Å². The summed E-state index contributed by atoms with van der Waals surface area (Å²) in [5.74, 6) is 0.782. The molecule has 0 aliphatic heterocycles. The number of benzene rings is 2. The standard InChI is InChI=1S/C18H16O2/c1-3-14-4-9-16(10-5-14)18(19)13-8-15-6-11-17(20-2)12-7-15/h3-13H,1H2,2H3. The first kappa shape index (κ1) is 13.8. The lowest BCUT2D eigenvalue weighted by atomic mass is 10.1. The molecule has 0 amide bonds. The third kappa shape index (κ3) is 3.45. The summed E-state index contributed by atoms with van der Waals surface area (Å²) in [6, 6.07) is 14.9. The third-order valence-corrected chi connectivity index (χ3v) is 2.97. The van der Waals surface area contributed by atoms with Crippen LogP contribution in [0, 0.1) is 0 Å². The zero-order valence-electron chi connectivity index (χ0n) is 11.4. The molecule has 100 valence electrons. The lowest BCUT2D eigenvalue weighted by molar-refractivity contribution is 0.104. The van der Waals surface area contributed by atoms with Crippen LogP contribution in [0.1, 0.15) is 21.5 Å².